The fraction of sp³-hybridized carbons (Fsp3) is 0.474. The van der Waals surface area contributed by atoms with Crippen LogP contribution in [0.2, 0.25) is 5.02 Å². The molecule has 1 aromatic carbocycles. The minimum absolute atomic E-state index is 0.0462. The molecule has 0 saturated carbocycles. The van der Waals surface area contributed by atoms with Crippen molar-refractivity contribution in [1.29, 1.82) is 5.41 Å². The van der Waals surface area contributed by atoms with Gasteiger partial charge in [-0.1, -0.05) is 23.7 Å². The summed E-state index contributed by atoms with van der Waals surface area (Å²) in [4.78, 5) is 37.7. The van der Waals surface area contributed by atoms with Gasteiger partial charge in [-0.2, -0.15) is 0 Å². The summed E-state index contributed by atoms with van der Waals surface area (Å²) in [6, 6.07) is 6.45. The number of nitrogens with one attached hydrogen (secondary N) is 1. The Balaban J connectivity index is 3.63. The topological polar surface area (TPSA) is 93.5 Å². The molecule has 0 aliphatic rings. The van der Waals surface area contributed by atoms with E-state index < -0.39 is 41.4 Å². The molecular formula is C19H23Cl2NO5. The van der Waals surface area contributed by atoms with Gasteiger partial charge in [-0.3, -0.25) is 14.4 Å². The van der Waals surface area contributed by atoms with E-state index in [1.165, 1.54) is 6.92 Å². The number of esters is 2. The monoisotopic (exact) mass is 415 g/mol. The number of carbonyl (C=O) groups is 3. The fourth-order valence-corrected chi connectivity index (χ4v) is 3.27. The molecule has 27 heavy (non-hydrogen) atoms. The quantitative estimate of drug-likeness (QED) is 0.272. The lowest BCUT2D eigenvalue weighted by Gasteiger charge is -2.30. The molecule has 6 nitrogen and oxygen atoms in total. The first-order valence-electron chi connectivity index (χ1n) is 8.50. The van der Waals surface area contributed by atoms with Crippen molar-refractivity contribution >= 4 is 46.6 Å². The van der Waals surface area contributed by atoms with Crippen LogP contribution in [0.3, 0.4) is 0 Å². The Kier molecular flexibility index (Phi) is 9.46. The van der Waals surface area contributed by atoms with Gasteiger partial charge in [-0.05, 0) is 38.5 Å². The molecule has 0 aromatic heterocycles. The normalized spacial score (nSPS) is 14.0. The fourth-order valence-electron chi connectivity index (χ4n) is 2.91. The highest BCUT2D eigenvalue weighted by atomic mass is 35.5. The molecular weight excluding hydrogens is 393 g/mol. The Morgan fingerprint density at radius 3 is 2.07 bits per heavy atom. The second kappa shape index (κ2) is 11.0. The van der Waals surface area contributed by atoms with E-state index in [-0.39, 0.29) is 18.9 Å². The number of ketones is 1. The second-order valence-corrected chi connectivity index (χ2v) is 6.53. The molecule has 8 heteroatoms. The number of halogens is 2. The third kappa shape index (κ3) is 6.04. The van der Waals surface area contributed by atoms with Crippen molar-refractivity contribution < 1.29 is 23.9 Å². The summed E-state index contributed by atoms with van der Waals surface area (Å²) in [6.45, 7) is 4.82. The van der Waals surface area contributed by atoms with Gasteiger partial charge in [0.25, 0.3) is 0 Å². The van der Waals surface area contributed by atoms with E-state index in [0.717, 1.165) is 0 Å². The molecule has 1 rings (SSSR count). The second-order valence-electron chi connectivity index (χ2n) is 5.82. The highest BCUT2D eigenvalue weighted by molar-refractivity contribution is 6.31. The van der Waals surface area contributed by atoms with Crippen molar-refractivity contribution in [1.82, 2.24) is 0 Å². The van der Waals surface area contributed by atoms with Crippen LogP contribution in [0.15, 0.2) is 24.3 Å². The highest BCUT2D eigenvalue weighted by Gasteiger charge is 2.45. The molecule has 3 atom stereocenters. The molecule has 0 heterocycles. The maximum Gasteiger partial charge on any atom is 0.317 e. The third-order valence-corrected chi connectivity index (χ3v) is 4.48. The average molecular weight is 416 g/mol. The number of hydrogen-bond acceptors (Lipinski definition) is 6. The Morgan fingerprint density at radius 1 is 1.07 bits per heavy atom. The van der Waals surface area contributed by atoms with Gasteiger partial charge in [0.2, 0.25) is 0 Å². The molecule has 1 N–H and O–H groups in total. The molecule has 0 fully saturated rings. The van der Waals surface area contributed by atoms with E-state index in [2.05, 4.69) is 0 Å². The summed E-state index contributed by atoms with van der Waals surface area (Å²) in [5.41, 5.74) is 0.402. The molecule has 0 aliphatic heterocycles. The number of Topliss-reactive ketones (excluding diaryl/α,β-unsaturated/α-hetero) is 1. The van der Waals surface area contributed by atoms with Crippen LogP contribution in [-0.4, -0.2) is 42.5 Å². The maximum absolute atomic E-state index is 12.6. The van der Waals surface area contributed by atoms with Gasteiger partial charge in [-0.15, -0.1) is 11.6 Å². The van der Waals surface area contributed by atoms with Crippen molar-refractivity contribution in [2.24, 2.45) is 11.8 Å². The molecule has 3 unspecified atom stereocenters. The molecule has 0 saturated heterocycles. The van der Waals surface area contributed by atoms with Crippen molar-refractivity contribution in [3.63, 3.8) is 0 Å². The van der Waals surface area contributed by atoms with Crippen LogP contribution in [0, 0.1) is 17.2 Å². The minimum atomic E-state index is -1.37. The summed E-state index contributed by atoms with van der Waals surface area (Å²) >= 11 is 11.8. The van der Waals surface area contributed by atoms with Crippen molar-refractivity contribution in [3.05, 3.63) is 34.9 Å². The van der Waals surface area contributed by atoms with E-state index in [9.17, 15) is 14.4 Å². The number of ether oxygens (including phenoxy) is 2. The van der Waals surface area contributed by atoms with Crippen molar-refractivity contribution in [2.75, 3.05) is 19.1 Å². The number of alkyl halides is 1. The largest absolute Gasteiger partial charge is 0.465 e. The van der Waals surface area contributed by atoms with Gasteiger partial charge in [0.1, 0.15) is 11.8 Å². The lowest BCUT2D eigenvalue weighted by molar-refractivity contribution is -0.154. The molecule has 148 valence electrons. The van der Waals surface area contributed by atoms with E-state index in [0.29, 0.717) is 10.6 Å². The molecule has 0 aliphatic carbocycles. The van der Waals surface area contributed by atoms with Crippen molar-refractivity contribution in [2.45, 2.75) is 26.7 Å². The summed E-state index contributed by atoms with van der Waals surface area (Å²) in [6.07, 6.45) is 0. The smallest absolute Gasteiger partial charge is 0.317 e. The Bertz CT molecular complexity index is 707. The van der Waals surface area contributed by atoms with Gasteiger partial charge in [-0.25, -0.2) is 0 Å². The zero-order chi connectivity index (χ0) is 20.6. The maximum atomic E-state index is 12.6. The summed E-state index contributed by atoms with van der Waals surface area (Å²) in [5, 5.41) is 8.46. The number of benzene rings is 1. The van der Waals surface area contributed by atoms with Crippen LogP contribution in [0.1, 0.15) is 32.3 Å². The Hall–Kier alpha value is -1.92. The third-order valence-electron chi connectivity index (χ3n) is 3.98. The van der Waals surface area contributed by atoms with Gasteiger partial charge in [0, 0.05) is 16.7 Å². The SMILES string of the molecule is CCOC(=O)C(C(C)=N)C(c1cccc(Cl)c1)C(C(=O)CCl)C(=O)OCC. The predicted octanol–water partition coefficient (Wildman–Crippen LogP) is 3.63. The lowest BCUT2D eigenvalue weighted by Crippen LogP contribution is -2.41. The Morgan fingerprint density at radius 2 is 1.63 bits per heavy atom. The minimum Gasteiger partial charge on any atom is -0.465 e. The van der Waals surface area contributed by atoms with E-state index in [1.807, 2.05) is 0 Å². The van der Waals surface area contributed by atoms with Crippen LogP contribution in [0.25, 0.3) is 0 Å². The standard InChI is InChI=1S/C19H23Cl2NO5/c1-4-26-18(24)15(11(3)22)16(12-7-6-8-13(21)9-12)17(14(23)10-20)19(25)27-5-2/h6-9,15-17,22H,4-5,10H2,1-3H3. The van der Waals surface area contributed by atoms with Crippen molar-refractivity contribution in [3.8, 4) is 0 Å². The zero-order valence-corrected chi connectivity index (χ0v) is 17.0. The average Bonchev–Trinajstić information content (AvgIpc) is 2.61. The molecule has 0 spiro atoms. The van der Waals surface area contributed by atoms with Crippen LogP contribution in [0.4, 0.5) is 0 Å². The number of carbonyl (C=O) groups excluding carboxylic acids is 3. The van der Waals surface area contributed by atoms with E-state index in [1.54, 1.807) is 38.1 Å². The van der Waals surface area contributed by atoms with Crippen LogP contribution in [-0.2, 0) is 23.9 Å². The van der Waals surface area contributed by atoms with E-state index >= 15 is 0 Å². The van der Waals surface area contributed by atoms with Gasteiger partial charge in [0.15, 0.2) is 5.78 Å². The van der Waals surface area contributed by atoms with E-state index in [4.69, 9.17) is 38.1 Å². The summed E-state index contributed by atoms with van der Waals surface area (Å²) in [5.74, 6) is -6.09. The first-order valence-corrected chi connectivity index (χ1v) is 9.42. The number of hydrogen-bond donors (Lipinski definition) is 1. The molecule has 0 amide bonds. The number of rotatable bonds is 10. The zero-order valence-electron chi connectivity index (χ0n) is 15.5. The summed E-state index contributed by atoms with van der Waals surface area (Å²) in [7, 11) is 0. The van der Waals surface area contributed by atoms with Gasteiger partial charge in [0.05, 0.1) is 19.1 Å². The predicted molar refractivity (Wildman–Crippen MR) is 104 cm³/mol. The lowest BCUT2D eigenvalue weighted by atomic mass is 9.73. The van der Waals surface area contributed by atoms with Gasteiger partial charge < -0.3 is 14.9 Å². The molecule has 1 aromatic rings. The molecule has 0 radical (unpaired) electrons. The summed E-state index contributed by atoms with van der Waals surface area (Å²) < 4.78 is 10.1. The van der Waals surface area contributed by atoms with Gasteiger partial charge >= 0.3 is 11.9 Å². The van der Waals surface area contributed by atoms with Crippen LogP contribution < -0.4 is 0 Å². The first kappa shape index (κ1) is 23.1. The van der Waals surface area contributed by atoms with Crippen LogP contribution >= 0.6 is 23.2 Å². The highest BCUT2D eigenvalue weighted by Crippen LogP contribution is 2.37. The molecule has 0 bridgehead atoms. The Labute approximate surface area is 168 Å². The van der Waals surface area contributed by atoms with Crippen LogP contribution in [0.5, 0.6) is 0 Å². The first-order chi connectivity index (χ1) is 12.8.